The largest absolute Gasteiger partial charge is 0.382 e. The van der Waals surface area contributed by atoms with Crippen molar-refractivity contribution in [3.8, 4) is 0 Å². The lowest BCUT2D eigenvalue weighted by atomic mass is 9.90. The molecule has 1 N–H and O–H groups in total. The highest BCUT2D eigenvalue weighted by molar-refractivity contribution is 5.80. The monoisotopic (exact) mass is 189 g/mol. The van der Waals surface area contributed by atoms with Gasteiger partial charge in [-0.15, -0.1) is 0 Å². The Labute approximate surface area is 79.6 Å². The van der Waals surface area contributed by atoms with E-state index in [-0.39, 0.29) is 11.3 Å². The predicted molar refractivity (Wildman–Crippen MR) is 50.0 cm³/mol. The molecular weight excluding hydrogens is 170 g/mol. The van der Waals surface area contributed by atoms with Crippen molar-refractivity contribution >= 4 is 5.91 Å². The molecule has 0 unspecified atom stereocenters. The van der Waals surface area contributed by atoms with Crippen molar-refractivity contribution in [2.45, 2.75) is 27.2 Å². The summed E-state index contributed by atoms with van der Waals surface area (Å²) >= 11 is 0. The Morgan fingerprint density at radius 2 is 2.00 bits per heavy atom. The number of hydroxylamine groups is 1. The molecule has 13 heavy (non-hydrogen) atoms. The van der Waals surface area contributed by atoms with E-state index in [0.29, 0.717) is 13.2 Å². The van der Waals surface area contributed by atoms with Crippen LogP contribution >= 0.6 is 0 Å². The Balaban J connectivity index is 3.62. The van der Waals surface area contributed by atoms with E-state index in [0.717, 1.165) is 6.42 Å². The third kappa shape index (κ3) is 4.85. The molecule has 78 valence electrons. The first-order valence-corrected chi connectivity index (χ1v) is 4.45. The summed E-state index contributed by atoms with van der Waals surface area (Å²) in [4.78, 5) is 16.3. The molecule has 0 atom stereocenters. The van der Waals surface area contributed by atoms with Gasteiger partial charge >= 0.3 is 0 Å². The number of hydrogen-bond donors (Lipinski definition) is 1. The van der Waals surface area contributed by atoms with Gasteiger partial charge in [0.15, 0.2) is 0 Å². The number of carbonyl (C=O) groups excluding carboxylic acids is 1. The van der Waals surface area contributed by atoms with Gasteiger partial charge in [0.1, 0.15) is 0 Å². The fourth-order valence-electron chi connectivity index (χ4n) is 0.540. The van der Waals surface area contributed by atoms with Gasteiger partial charge in [-0.1, -0.05) is 20.8 Å². The standard InChI is InChI=1S/C9H19NO3/c1-5-9(2,3)8(11)10-13-7-6-12-4/h5-7H2,1-4H3,(H,10,11). The van der Waals surface area contributed by atoms with E-state index in [9.17, 15) is 4.79 Å². The summed E-state index contributed by atoms with van der Waals surface area (Å²) in [5.41, 5.74) is 2.02. The molecule has 4 heteroatoms. The molecule has 0 aliphatic rings. The molecule has 1 amide bonds. The van der Waals surface area contributed by atoms with Crippen LogP contribution in [0.25, 0.3) is 0 Å². The Kier molecular flexibility index (Phi) is 5.66. The van der Waals surface area contributed by atoms with E-state index < -0.39 is 0 Å². The van der Waals surface area contributed by atoms with Crippen LogP contribution < -0.4 is 5.48 Å². The van der Waals surface area contributed by atoms with Crippen LogP contribution in [0, 0.1) is 5.41 Å². The first-order chi connectivity index (χ1) is 6.04. The summed E-state index contributed by atoms with van der Waals surface area (Å²) in [6, 6.07) is 0. The number of nitrogens with one attached hydrogen (secondary N) is 1. The van der Waals surface area contributed by atoms with Crippen molar-refractivity contribution in [2.24, 2.45) is 5.41 Å². The zero-order valence-electron chi connectivity index (χ0n) is 8.85. The third-order valence-corrected chi connectivity index (χ3v) is 2.05. The second-order valence-electron chi connectivity index (χ2n) is 3.51. The van der Waals surface area contributed by atoms with E-state index >= 15 is 0 Å². The van der Waals surface area contributed by atoms with Crippen molar-refractivity contribution in [3.63, 3.8) is 0 Å². The molecule has 4 nitrogen and oxygen atoms in total. The summed E-state index contributed by atoms with van der Waals surface area (Å²) in [5, 5.41) is 0. The highest BCUT2D eigenvalue weighted by atomic mass is 16.7. The molecule has 0 bridgehead atoms. The molecule has 0 aliphatic carbocycles. The van der Waals surface area contributed by atoms with Crippen molar-refractivity contribution in [2.75, 3.05) is 20.3 Å². The number of amides is 1. The summed E-state index contributed by atoms with van der Waals surface area (Å²) < 4.78 is 4.76. The summed E-state index contributed by atoms with van der Waals surface area (Å²) in [6.07, 6.45) is 0.784. The second-order valence-corrected chi connectivity index (χ2v) is 3.51. The zero-order valence-corrected chi connectivity index (χ0v) is 8.85. The number of rotatable bonds is 6. The van der Waals surface area contributed by atoms with Gasteiger partial charge in [0.05, 0.1) is 13.2 Å². The summed E-state index contributed by atoms with van der Waals surface area (Å²) in [7, 11) is 1.58. The van der Waals surface area contributed by atoms with Crippen LogP contribution in [-0.2, 0) is 14.4 Å². The molecule has 0 aromatic rings. The predicted octanol–water partition coefficient (Wildman–Crippen LogP) is 1.12. The molecule has 0 radical (unpaired) electrons. The average molecular weight is 189 g/mol. The van der Waals surface area contributed by atoms with Crippen LogP contribution in [0.1, 0.15) is 27.2 Å². The molecule has 0 saturated carbocycles. The minimum absolute atomic E-state index is 0.0916. The third-order valence-electron chi connectivity index (χ3n) is 2.05. The highest BCUT2D eigenvalue weighted by Crippen LogP contribution is 2.19. The van der Waals surface area contributed by atoms with Crippen LogP contribution in [0.5, 0.6) is 0 Å². The molecule has 0 saturated heterocycles. The highest BCUT2D eigenvalue weighted by Gasteiger charge is 2.25. The minimum atomic E-state index is -0.368. The maximum Gasteiger partial charge on any atom is 0.249 e. The van der Waals surface area contributed by atoms with Crippen LogP contribution in [0.15, 0.2) is 0 Å². The van der Waals surface area contributed by atoms with Crippen LogP contribution in [0.3, 0.4) is 0 Å². The molecule has 0 aromatic carbocycles. The maximum absolute atomic E-state index is 11.4. The normalized spacial score (nSPS) is 11.4. The molecule has 0 spiro atoms. The van der Waals surface area contributed by atoms with Crippen LogP contribution in [0.2, 0.25) is 0 Å². The minimum Gasteiger partial charge on any atom is -0.382 e. The van der Waals surface area contributed by atoms with Gasteiger partial charge in [-0.05, 0) is 6.42 Å². The van der Waals surface area contributed by atoms with Gasteiger partial charge in [-0.3, -0.25) is 9.63 Å². The van der Waals surface area contributed by atoms with E-state index in [1.54, 1.807) is 7.11 Å². The van der Waals surface area contributed by atoms with Gasteiger partial charge in [0, 0.05) is 12.5 Å². The lowest BCUT2D eigenvalue weighted by Gasteiger charge is -2.20. The van der Waals surface area contributed by atoms with Crippen LogP contribution in [-0.4, -0.2) is 26.2 Å². The first kappa shape index (κ1) is 12.4. The fraction of sp³-hybridized carbons (Fsp3) is 0.889. The van der Waals surface area contributed by atoms with Gasteiger partial charge < -0.3 is 4.74 Å². The van der Waals surface area contributed by atoms with Gasteiger partial charge in [0.2, 0.25) is 5.91 Å². The molecule has 0 rings (SSSR count). The molecular formula is C9H19NO3. The van der Waals surface area contributed by atoms with Crippen molar-refractivity contribution in [1.29, 1.82) is 0 Å². The average Bonchev–Trinajstić information content (AvgIpc) is 2.12. The molecule has 0 aliphatic heterocycles. The summed E-state index contributed by atoms with van der Waals surface area (Å²) in [5.74, 6) is -0.0916. The first-order valence-electron chi connectivity index (χ1n) is 4.45. The Bertz CT molecular complexity index is 157. The lowest BCUT2D eigenvalue weighted by molar-refractivity contribution is -0.143. The SMILES string of the molecule is CCC(C)(C)C(=O)NOCCOC. The van der Waals surface area contributed by atoms with Crippen LogP contribution in [0.4, 0.5) is 0 Å². The van der Waals surface area contributed by atoms with Crippen molar-refractivity contribution in [1.82, 2.24) is 5.48 Å². The van der Waals surface area contributed by atoms with E-state index in [1.807, 2.05) is 20.8 Å². The zero-order chi connectivity index (χ0) is 10.3. The van der Waals surface area contributed by atoms with Gasteiger partial charge in [0.25, 0.3) is 0 Å². The van der Waals surface area contributed by atoms with Crippen molar-refractivity contribution in [3.05, 3.63) is 0 Å². The van der Waals surface area contributed by atoms with E-state index in [4.69, 9.17) is 9.57 Å². The quantitative estimate of drug-likeness (QED) is 0.503. The molecule has 0 heterocycles. The summed E-state index contributed by atoms with van der Waals surface area (Å²) in [6.45, 7) is 6.58. The smallest absolute Gasteiger partial charge is 0.249 e. The number of methoxy groups -OCH3 is 1. The maximum atomic E-state index is 11.4. The number of carbonyl (C=O) groups is 1. The molecule has 0 aromatic heterocycles. The van der Waals surface area contributed by atoms with Gasteiger partial charge in [-0.2, -0.15) is 0 Å². The Hall–Kier alpha value is -0.610. The van der Waals surface area contributed by atoms with Gasteiger partial charge in [-0.25, -0.2) is 5.48 Å². The lowest BCUT2D eigenvalue weighted by Crippen LogP contribution is -2.37. The Morgan fingerprint density at radius 3 is 2.46 bits per heavy atom. The Morgan fingerprint density at radius 1 is 1.38 bits per heavy atom. The molecule has 0 fully saturated rings. The topological polar surface area (TPSA) is 47.6 Å². The fourth-order valence-corrected chi connectivity index (χ4v) is 0.540. The van der Waals surface area contributed by atoms with E-state index in [1.165, 1.54) is 0 Å². The number of ether oxygens (including phenoxy) is 1. The van der Waals surface area contributed by atoms with E-state index in [2.05, 4.69) is 5.48 Å². The number of hydrogen-bond acceptors (Lipinski definition) is 3. The van der Waals surface area contributed by atoms with Crippen molar-refractivity contribution < 1.29 is 14.4 Å². The second kappa shape index (κ2) is 5.94.